The van der Waals surface area contributed by atoms with Crippen LogP contribution in [0.1, 0.15) is 18.5 Å². The molecule has 0 radical (unpaired) electrons. The van der Waals surface area contributed by atoms with Gasteiger partial charge in [0.1, 0.15) is 0 Å². The molecule has 2 amide bonds. The van der Waals surface area contributed by atoms with E-state index < -0.39 is 0 Å². The number of hydrogen-bond donors (Lipinski definition) is 2. The lowest BCUT2D eigenvalue weighted by Crippen LogP contribution is -2.31. The van der Waals surface area contributed by atoms with Crippen LogP contribution in [-0.2, 0) is 0 Å². The van der Waals surface area contributed by atoms with Crippen molar-refractivity contribution in [3.05, 3.63) is 41.0 Å². The molecule has 1 unspecified atom stereocenters. The Labute approximate surface area is 125 Å². The molecule has 0 fully saturated rings. The van der Waals surface area contributed by atoms with Gasteiger partial charge in [0.15, 0.2) is 10.2 Å². The maximum absolute atomic E-state index is 11.8. The lowest BCUT2D eigenvalue weighted by atomic mass is 10.1. The van der Waals surface area contributed by atoms with Crippen molar-refractivity contribution in [1.82, 2.24) is 10.3 Å². The second kappa shape index (κ2) is 6.58. The van der Waals surface area contributed by atoms with Gasteiger partial charge in [0, 0.05) is 5.02 Å². The van der Waals surface area contributed by atoms with Gasteiger partial charge in [0.2, 0.25) is 0 Å². The molecule has 5 nitrogen and oxygen atoms in total. The van der Waals surface area contributed by atoms with Gasteiger partial charge in [-0.3, -0.25) is 5.32 Å². The van der Waals surface area contributed by atoms with Crippen molar-refractivity contribution in [2.75, 3.05) is 12.4 Å². The summed E-state index contributed by atoms with van der Waals surface area (Å²) in [5, 5.41) is 7.24. The number of nitrogens with one attached hydrogen (secondary N) is 2. The minimum Gasteiger partial charge on any atom is -0.486 e. The molecular formula is C13H14ClN3O2S. The summed E-state index contributed by atoms with van der Waals surface area (Å²) in [6.45, 7) is 1.88. The number of amides is 2. The van der Waals surface area contributed by atoms with Crippen LogP contribution in [0.2, 0.25) is 5.02 Å². The van der Waals surface area contributed by atoms with Crippen molar-refractivity contribution in [2.45, 2.75) is 13.0 Å². The quantitative estimate of drug-likeness (QED) is 0.905. The van der Waals surface area contributed by atoms with Crippen LogP contribution in [0.4, 0.5) is 9.93 Å². The Morgan fingerprint density at radius 1 is 1.50 bits per heavy atom. The highest BCUT2D eigenvalue weighted by Gasteiger charge is 2.11. The third kappa shape index (κ3) is 3.85. The Morgan fingerprint density at radius 2 is 2.30 bits per heavy atom. The molecule has 106 valence electrons. The van der Waals surface area contributed by atoms with Crippen molar-refractivity contribution in [1.29, 1.82) is 0 Å². The smallest absolute Gasteiger partial charge is 0.321 e. The van der Waals surface area contributed by atoms with E-state index in [0.29, 0.717) is 15.2 Å². The second-order valence-electron chi connectivity index (χ2n) is 4.06. The molecule has 0 spiro atoms. The van der Waals surface area contributed by atoms with Crippen molar-refractivity contribution in [3.63, 3.8) is 0 Å². The highest BCUT2D eigenvalue weighted by atomic mass is 35.5. The molecule has 0 aliphatic heterocycles. The fourth-order valence-corrected chi connectivity index (χ4v) is 2.43. The number of benzene rings is 1. The van der Waals surface area contributed by atoms with E-state index in [9.17, 15) is 4.79 Å². The Bertz CT molecular complexity index is 603. The number of rotatable bonds is 4. The summed E-state index contributed by atoms with van der Waals surface area (Å²) in [6, 6.07) is 6.88. The van der Waals surface area contributed by atoms with Crippen LogP contribution in [0.25, 0.3) is 0 Å². The van der Waals surface area contributed by atoms with Gasteiger partial charge < -0.3 is 10.1 Å². The molecule has 1 heterocycles. The van der Waals surface area contributed by atoms with Crippen LogP contribution >= 0.6 is 22.9 Å². The number of anilines is 1. The highest BCUT2D eigenvalue weighted by Crippen LogP contribution is 2.25. The maximum atomic E-state index is 11.8. The number of carbonyl (C=O) groups excluding carboxylic acids is 1. The lowest BCUT2D eigenvalue weighted by molar-refractivity contribution is 0.249. The topological polar surface area (TPSA) is 63.2 Å². The summed E-state index contributed by atoms with van der Waals surface area (Å²) < 4.78 is 5.01. The van der Waals surface area contributed by atoms with E-state index in [4.69, 9.17) is 16.3 Å². The molecule has 1 aromatic heterocycles. The Kier molecular flexibility index (Phi) is 4.81. The number of carbonyl (C=O) groups is 1. The minimum atomic E-state index is -0.325. The first-order valence-corrected chi connectivity index (χ1v) is 7.10. The van der Waals surface area contributed by atoms with Crippen molar-refractivity contribution in [3.8, 4) is 5.06 Å². The number of thiazole rings is 1. The molecule has 1 aromatic carbocycles. The first-order chi connectivity index (χ1) is 9.58. The van der Waals surface area contributed by atoms with Crippen molar-refractivity contribution in [2.24, 2.45) is 0 Å². The molecule has 2 N–H and O–H groups in total. The predicted molar refractivity (Wildman–Crippen MR) is 80.7 cm³/mol. The molecule has 0 saturated carbocycles. The van der Waals surface area contributed by atoms with Gasteiger partial charge >= 0.3 is 6.03 Å². The first-order valence-electron chi connectivity index (χ1n) is 5.91. The predicted octanol–water partition coefficient (Wildman–Crippen LogP) is 3.69. The highest BCUT2D eigenvalue weighted by molar-refractivity contribution is 7.17. The fraction of sp³-hybridized carbons (Fsp3) is 0.231. The van der Waals surface area contributed by atoms with Crippen LogP contribution in [-0.4, -0.2) is 18.1 Å². The van der Waals surface area contributed by atoms with E-state index in [1.165, 1.54) is 11.3 Å². The Balaban J connectivity index is 1.94. The average Bonchev–Trinajstić information content (AvgIpc) is 2.86. The minimum absolute atomic E-state index is 0.157. The van der Waals surface area contributed by atoms with Gasteiger partial charge in [-0.1, -0.05) is 35.1 Å². The van der Waals surface area contributed by atoms with Crippen LogP contribution < -0.4 is 15.4 Å². The standard InChI is InChI=1S/C13H14ClN3O2S/c1-8(9-4-3-5-10(14)6-9)16-12(18)17-13-15-7-11(19-2)20-13/h3-8H,1-2H3,(H2,15,16,17,18). The summed E-state index contributed by atoms with van der Waals surface area (Å²) in [5.41, 5.74) is 0.935. The molecule has 2 rings (SSSR count). The second-order valence-corrected chi connectivity index (χ2v) is 5.49. The van der Waals surface area contributed by atoms with E-state index in [0.717, 1.165) is 5.56 Å². The van der Waals surface area contributed by atoms with Crippen LogP contribution in [0.15, 0.2) is 30.5 Å². The molecule has 7 heteroatoms. The Hall–Kier alpha value is -1.79. The third-order valence-corrected chi connectivity index (χ3v) is 3.71. The zero-order valence-electron chi connectivity index (χ0n) is 11.0. The molecule has 0 saturated heterocycles. The lowest BCUT2D eigenvalue weighted by Gasteiger charge is -2.14. The SMILES string of the molecule is COc1cnc(NC(=O)NC(C)c2cccc(Cl)c2)s1. The van der Waals surface area contributed by atoms with Crippen molar-refractivity contribution >= 4 is 34.1 Å². The number of aromatic nitrogens is 1. The van der Waals surface area contributed by atoms with Crippen LogP contribution in [0.5, 0.6) is 5.06 Å². The normalized spacial score (nSPS) is 11.8. The van der Waals surface area contributed by atoms with Crippen molar-refractivity contribution < 1.29 is 9.53 Å². The van der Waals surface area contributed by atoms with Crippen LogP contribution in [0, 0.1) is 0 Å². The summed E-state index contributed by atoms with van der Waals surface area (Å²) >= 11 is 7.18. The number of hydrogen-bond acceptors (Lipinski definition) is 4. The van der Waals surface area contributed by atoms with Gasteiger partial charge in [-0.2, -0.15) is 0 Å². The fourth-order valence-electron chi connectivity index (χ4n) is 1.60. The number of urea groups is 1. The van der Waals surface area contributed by atoms with E-state index in [-0.39, 0.29) is 12.1 Å². The summed E-state index contributed by atoms with van der Waals surface area (Å²) in [6.07, 6.45) is 1.56. The monoisotopic (exact) mass is 311 g/mol. The van der Waals surface area contributed by atoms with Gasteiger partial charge in [-0.05, 0) is 24.6 Å². The van der Waals surface area contributed by atoms with Gasteiger partial charge in [-0.25, -0.2) is 9.78 Å². The molecule has 20 heavy (non-hydrogen) atoms. The summed E-state index contributed by atoms with van der Waals surface area (Å²) in [4.78, 5) is 15.9. The van der Waals surface area contributed by atoms with Gasteiger partial charge in [0.25, 0.3) is 0 Å². The number of halogens is 1. The van der Waals surface area contributed by atoms with E-state index >= 15 is 0 Å². The molecule has 0 aliphatic carbocycles. The Morgan fingerprint density at radius 3 is 2.95 bits per heavy atom. The zero-order valence-corrected chi connectivity index (χ0v) is 12.6. The molecular weight excluding hydrogens is 298 g/mol. The van der Waals surface area contributed by atoms with Gasteiger partial charge in [0.05, 0.1) is 19.3 Å². The molecule has 0 aliphatic rings. The van der Waals surface area contributed by atoms with Gasteiger partial charge in [-0.15, -0.1) is 0 Å². The number of ether oxygens (including phenoxy) is 1. The molecule has 0 bridgehead atoms. The molecule has 1 atom stereocenters. The number of nitrogens with zero attached hydrogens (tertiary/aromatic N) is 1. The third-order valence-electron chi connectivity index (χ3n) is 2.60. The van der Waals surface area contributed by atoms with E-state index in [1.807, 2.05) is 25.1 Å². The number of methoxy groups -OCH3 is 1. The van der Waals surface area contributed by atoms with E-state index in [1.54, 1.807) is 19.4 Å². The summed E-state index contributed by atoms with van der Waals surface area (Å²) in [5.74, 6) is 0. The molecule has 2 aromatic rings. The first kappa shape index (κ1) is 14.6. The largest absolute Gasteiger partial charge is 0.486 e. The average molecular weight is 312 g/mol. The zero-order chi connectivity index (χ0) is 14.5. The summed E-state index contributed by atoms with van der Waals surface area (Å²) in [7, 11) is 1.55. The van der Waals surface area contributed by atoms with Crippen LogP contribution in [0.3, 0.4) is 0 Å². The van der Waals surface area contributed by atoms with E-state index in [2.05, 4.69) is 15.6 Å². The maximum Gasteiger partial charge on any atom is 0.321 e.